The van der Waals surface area contributed by atoms with E-state index in [0.29, 0.717) is 0 Å². The Morgan fingerprint density at radius 1 is 0.714 bits per heavy atom. The van der Waals surface area contributed by atoms with E-state index in [1.54, 1.807) is 0 Å². The quantitative estimate of drug-likeness (QED) is 0.255. The van der Waals surface area contributed by atoms with Crippen LogP contribution in [0.25, 0.3) is 0 Å². The molecule has 1 aliphatic rings. The van der Waals surface area contributed by atoms with Crippen molar-refractivity contribution >= 4 is 86.9 Å². The van der Waals surface area contributed by atoms with E-state index in [1.165, 1.54) is 0 Å². The van der Waals surface area contributed by atoms with Crippen LogP contribution in [0.1, 0.15) is 0 Å². The molecule has 1 heterocycles. The van der Waals surface area contributed by atoms with E-state index in [-0.39, 0.29) is 0 Å². The number of rotatable bonds is 0. The maximum atomic E-state index is 1.94. The molecule has 1 aliphatic heterocycles. The molecule has 1 fully saturated rings. The molecular weight excluding hydrogens is 778 g/mol. The predicted octanol–water partition coefficient (Wildman–Crippen LogP) is -1.82. The normalized spacial score (nSPS) is 24.0. The van der Waals surface area contributed by atoms with E-state index >= 15 is 0 Å². The molecule has 0 atom stereocenters. The summed E-state index contributed by atoms with van der Waals surface area (Å²) < 4.78 is 1.94. The van der Waals surface area contributed by atoms with Gasteiger partial charge in [0.05, 0.1) is 0 Å². The summed E-state index contributed by atoms with van der Waals surface area (Å²) in [7, 11) is 0. The molecule has 0 aromatic rings. The molecule has 0 N–H and O–H groups in total. The van der Waals surface area contributed by atoms with Crippen molar-refractivity contribution in [1.82, 2.24) is 0 Å². The van der Waals surface area contributed by atoms with Gasteiger partial charge in [0.1, 0.15) is 0 Å². The van der Waals surface area contributed by atoms with Crippen LogP contribution in [0.3, 0.4) is 0 Å². The van der Waals surface area contributed by atoms with Crippen LogP contribution in [0.5, 0.6) is 0 Å². The van der Waals surface area contributed by atoms with Crippen molar-refractivity contribution in [2.75, 3.05) is 0 Å². The molecule has 0 radical (unpaired) electrons. The van der Waals surface area contributed by atoms with E-state index in [4.69, 9.17) is 0 Å². The molecule has 0 aliphatic carbocycles. The van der Waals surface area contributed by atoms with Crippen LogP contribution < -0.4 is 0 Å². The van der Waals surface area contributed by atoms with E-state index in [0.717, 1.165) is 86.9 Å². The topological polar surface area (TPSA) is 0 Å². The fourth-order valence-corrected chi connectivity index (χ4v) is 507. The first-order chi connectivity index (χ1) is 3.50. The zero-order chi connectivity index (χ0) is 4.95. The van der Waals surface area contributed by atoms with Gasteiger partial charge in [0, 0.05) is 0 Å². The first kappa shape index (κ1) is 9.82. The second kappa shape index (κ2) is 7.39. The summed E-state index contributed by atoms with van der Waals surface area (Å²) in [5.74, 6) is 0. The minimum atomic E-state index is 0.850. The van der Waals surface area contributed by atoms with Crippen molar-refractivity contribution in [2.24, 2.45) is 0 Å². The maximum absolute atomic E-state index is 1.94. The van der Waals surface area contributed by atoms with Gasteiger partial charge in [0.25, 0.3) is 0 Å². The van der Waals surface area contributed by atoms with E-state index in [1.807, 2.05) is 2.52 Å². The molecule has 6 heteroatoms. The average Bonchev–Trinajstić information content (AvgIpc) is 1.90. The minimum absolute atomic E-state index is 0.850. The SMILES string of the molecule is C1[Te][Te][Te][Te][Te][Te]1. The fourth-order valence-electron chi connectivity index (χ4n) is 0.121. The molecule has 0 aromatic heterocycles. The van der Waals surface area contributed by atoms with Crippen molar-refractivity contribution in [3.8, 4) is 0 Å². The molecule has 7 heavy (non-hydrogen) atoms. The van der Waals surface area contributed by atoms with Crippen LogP contribution in [0, 0.1) is 0 Å². The standard InChI is InChI=1S/CH2Te6/c1-2-4-6-7-5-3-1/h1H2. The number of hydrogen-bond donors (Lipinski definition) is 0. The Morgan fingerprint density at radius 2 is 1.29 bits per heavy atom. The molecule has 0 saturated carbocycles. The monoisotopic (exact) mass is 793 g/mol. The molecule has 42 valence electrons. The van der Waals surface area contributed by atoms with Gasteiger partial charge in [-0.15, -0.1) is 0 Å². The molecular formula is CH2Te6. The van der Waals surface area contributed by atoms with Gasteiger partial charge in [-0.2, -0.15) is 0 Å². The van der Waals surface area contributed by atoms with Crippen LogP contribution in [0.2, 0.25) is 2.52 Å². The summed E-state index contributed by atoms with van der Waals surface area (Å²) in [4.78, 5) is 0. The van der Waals surface area contributed by atoms with E-state index < -0.39 is 0 Å². The van der Waals surface area contributed by atoms with Crippen LogP contribution in [-0.2, 0) is 0 Å². The first-order valence-electron chi connectivity index (χ1n) is 1.41. The average molecular weight is 780 g/mol. The van der Waals surface area contributed by atoms with Crippen LogP contribution in [-0.4, -0.2) is 86.9 Å². The molecule has 0 aromatic carbocycles. The molecule has 0 spiro atoms. The summed E-state index contributed by atoms with van der Waals surface area (Å²) in [6.07, 6.45) is 0. The Morgan fingerprint density at radius 3 is 1.86 bits per heavy atom. The van der Waals surface area contributed by atoms with Crippen molar-refractivity contribution in [1.29, 1.82) is 0 Å². The Hall–Kier alpha value is 4.74. The summed E-state index contributed by atoms with van der Waals surface area (Å²) in [5.41, 5.74) is 0. The molecule has 1 rings (SSSR count). The molecule has 1 saturated heterocycles. The Bertz CT molecular complexity index is 23.8. The van der Waals surface area contributed by atoms with Gasteiger partial charge in [-0.25, -0.2) is 0 Å². The zero-order valence-corrected chi connectivity index (χ0v) is 17.1. The third-order valence-electron chi connectivity index (χ3n) is 0.276. The van der Waals surface area contributed by atoms with Crippen LogP contribution >= 0.6 is 0 Å². The van der Waals surface area contributed by atoms with Crippen LogP contribution in [0.15, 0.2) is 0 Å². The van der Waals surface area contributed by atoms with Gasteiger partial charge in [-0.05, 0) is 0 Å². The summed E-state index contributed by atoms with van der Waals surface area (Å²) in [5, 5.41) is 0. The van der Waals surface area contributed by atoms with Crippen molar-refractivity contribution in [2.45, 2.75) is 2.52 Å². The zero-order valence-electron chi connectivity index (χ0n) is 3.16. The third kappa shape index (κ3) is 5.95. The van der Waals surface area contributed by atoms with E-state index in [2.05, 4.69) is 0 Å². The number of hydrogen-bond acceptors (Lipinski definition) is 0. The van der Waals surface area contributed by atoms with Crippen molar-refractivity contribution in [3.05, 3.63) is 0 Å². The van der Waals surface area contributed by atoms with Gasteiger partial charge in [0.15, 0.2) is 0 Å². The second-order valence-electron chi connectivity index (χ2n) is 0.626. The van der Waals surface area contributed by atoms with Gasteiger partial charge in [-0.1, -0.05) is 0 Å². The van der Waals surface area contributed by atoms with Crippen molar-refractivity contribution < 1.29 is 0 Å². The fraction of sp³-hybridized carbons (Fsp3) is 1.00. The first-order valence-corrected chi connectivity index (χ1v) is 41.4. The Balaban J connectivity index is 2.04. The van der Waals surface area contributed by atoms with Gasteiger partial charge < -0.3 is 0 Å². The van der Waals surface area contributed by atoms with Gasteiger partial charge >= 0.3 is 89.4 Å². The van der Waals surface area contributed by atoms with E-state index in [9.17, 15) is 0 Å². The Kier molecular flexibility index (Phi) is 10.4. The molecule has 0 amide bonds. The third-order valence-corrected chi connectivity index (χ3v) is 227. The molecule has 0 bridgehead atoms. The molecule has 0 nitrogen and oxygen atoms in total. The summed E-state index contributed by atoms with van der Waals surface area (Å²) >= 11 is 5.44. The summed E-state index contributed by atoms with van der Waals surface area (Å²) in [6, 6.07) is 0. The summed E-state index contributed by atoms with van der Waals surface area (Å²) in [6.45, 7) is 0. The molecule has 0 unspecified atom stereocenters. The van der Waals surface area contributed by atoms with Crippen LogP contribution in [0.4, 0.5) is 0 Å². The second-order valence-corrected chi connectivity index (χ2v) is 98.1. The Labute approximate surface area is 85.8 Å². The predicted molar refractivity (Wildman–Crippen MR) is 39.3 cm³/mol. The van der Waals surface area contributed by atoms with Gasteiger partial charge in [0.2, 0.25) is 0 Å². The van der Waals surface area contributed by atoms with Crippen molar-refractivity contribution in [3.63, 3.8) is 0 Å². The van der Waals surface area contributed by atoms with Gasteiger partial charge in [-0.3, -0.25) is 0 Å².